The molecule has 0 aliphatic carbocycles. The average Bonchev–Trinajstić information content (AvgIpc) is 2.15. The average molecular weight is 231 g/mol. The van der Waals surface area contributed by atoms with E-state index in [1.165, 1.54) is 25.1 Å². The van der Waals surface area contributed by atoms with E-state index in [9.17, 15) is 9.18 Å². The van der Waals surface area contributed by atoms with E-state index in [0.717, 1.165) is 0 Å². The Bertz CT molecular complexity index is 345. The molecule has 2 nitrogen and oxygen atoms in total. The molecule has 0 saturated heterocycles. The smallest absolute Gasteiger partial charge is 0.163 e. The van der Waals surface area contributed by atoms with E-state index in [1.807, 2.05) is 0 Å². The molecule has 0 fully saturated rings. The second kappa shape index (κ2) is 5.24. The normalized spacial score (nSPS) is 12.5. The summed E-state index contributed by atoms with van der Waals surface area (Å²) in [7, 11) is 0. The molecular weight excluding hydrogens is 219 g/mol. The molecule has 0 N–H and O–H groups in total. The van der Waals surface area contributed by atoms with Gasteiger partial charge >= 0.3 is 0 Å². The van der Waals surface area contributed by atoms with Gasteiger partial charge < -0.3 is 4.74 Å². The van der Waals surface area contributed by atoms with Gasteiger partial charge in [0.1, 0.15) is 11.9 Å². The highest BCUT2D eigenvalue weighted by Gasteiger charge is 2.23. The van der Waals surface area contributed by atoms with E-state index in [1.54, 1.807) is 6.92 Å². The number of benzene rings is 1. The molecule has 0 amide bonds. The van der Waals surface area contributed by atoms with Crippen LogP contribution in [0.1, 0.15) is 25.5 Å². The zero-order valence-electron chi connectivity index (χ0n) is 8.59. The van der Waals surface area contributed by atoms with E-state index in [2.05, 4.69) is 0 Å². The third-order valence-electron chi connectivity index (χ3n) is 1.96. The van der Waals surface area contributed by atoms with Crippen LogP contribution in [0.15, 0.2) is 18.2 Å². The second-order valence-corrected chi connectivity index (χ2v) is 3.49. The van der Waals surface area contributed by atoms with Crippen LogP contribution < -0.4 is 0 Å². The topological polar surface area (TPSA) is 26.3 Å². The third-order valence-corrected chi connectivity index (χ3v) is 2.29. The molecule has 1 aromatic rings. The Hall–Kier alpha value is -0.930. The number of Topliss-reactive ketones (excluding diaryl/α,β-unsaturated/α-hetero) is 1. The van der Waals surface area contributed by atoms with Crippen molar-refractivity contribution in [1.29, 1.82) is 0 Å². The van der Waals surface area contributed by atoms with Crippen LogP contribution in [0.4, 0.5) is 4.39 Å². The van der Waals surface area contributed by atoms with E-state index in [-0.39, 0.29) is 16.4 Å². The van der Waals surface area contributed by atoms with Crippen LogP contribution in [0.3, 0.4) is 0 Å². The van der Waals surface area contributed by atoms with Crippen LogP contribution in [-0.2, 0) is 9.53 Å². The minimum Gasteiger partial charge on any atom is -0.366 e. The lowest BCUT2D eigenvalue weighted by Gasteiger charge is -2.16. The SMILES string of the molecule is CCOC(C(C)=O)c1c(F)cccc1Cl. The van der Waals surface area contributed by atoms with Gasteiger partial charge in [0.25, 0.3) is 0 Å². The highest BCUT2D eigenvalue weighted by Crippen LogP contribution is 2.28. The molecule has 82 valence electrons. The molecule has 4 heteroatoms. The maximum absolute atomic E-state index is 13.5. The summed E-state index contributed by atoms with van der Waals surface area (Å²) in [6.45, 7) is 3.42. The van der Waals surface area contributed by atoms with Gasteiger partial charge in [-0.15, -0.1) is 0 Å². The van der Waals surface area contributed by atoms with Crippen molar-refractivity contribution in [3.63, 3.8) is 0 Å². The predicted molar refractivity (Wildman–Crippen MR) is 56.5 cm³/mol. The minimum atomic E-state index is -0.913. The fourth-order valence-corrected chi connectivity index (χ4v) is 1.59. The number of rotatable bonds is 4. The number of hydrogen-bond donors (Lipinski definition) is 0. The molecular formula is C11H12ClFO2. The van der Waals surface area contributed by atoms with Crippen molar-refractivity contribution in [2.45, 2.75) is 20.0 Å². The third kappa shape index (κ3) is 2.76. The number of halogens is 2. The summed E-state index contributed by atoms with van der Waals surface area (Å²) >= 11 is 5.83. The first-order valence-electron chi connectivity index (χ1n) is 4.63. The maximum Gasteiger partial charge on any atom is 0.163 e. The van der Waals surface area contributed by atoms with Gasteiger partial charge in [-0.05, 0) is 26.0 Å². The van der Waals surface area contributed by atoms with Crippen molar-refractivity contribution in [3.8, 4) is 0 Å². The summed E-state index contributed by atoms with van der Waals surface area (Å²) in [6, 6.07) is 4.29. The van der Waals surface area contributed by atoms with Gasteiger partial charge in [0.15, 0.2) is 5.78 Å². The number of ketones is 1. The Morgan fingerprint density at radius 2 is 2.27 bits per heavy atom. The van der Waals surface area contributed by atoms with Gasteiger partial charge in [0.05, 0.1) is 0 Å². The molecule has 0 saturated carbocycles. The molecule has 0 spiro atoms. The number of hydrogen-bond acceptors (Lipinski definition) is 2. The van der Waals surface area contributed by atoms with E-state index < -0.39 is 11.9 Å². The quantitative estimate of drug-likeness (QED) is 0.794. The summed E-state index contributed by atoms with van der Waals surface area (Å²) in [5.74, 6) is -0.778. The minimum absolute atomic E-state index is 0.119. The Morgan fingerprint density at radius 3 is 2.73 bits per heavy atom. The van der Waals surface area contributed by atoms with E-state index in [4.69, 9.17) is 16.3 Å². The fourth-order valence-electron chi connectivity index (χ4n) is 1.33. The highest BCUT2D eigenvalue weighted by molar-refractivity contribution is 6.31. The summed E-state index contributed by atoms with van der Waals surface area (Å²) < 4.78 is 18.6. The van der Waals surface area contributed by atoms with Gasteiger partial charge in [-0.3, -0.25) is 4.79 Å². The molecule has 1 rings (SSSR count). The number of ether oxygens (including phenoxy) is 1. The molecule has 0 aromatic heterocycles. The Morgan fingerprint density at radius 1 is 1.60 bits per heavy atom. The van der Waals surface area contributed by atoms with Gasteiger partial charge in [0.2, 0.25) is 0 Å². The maximum atomic E-state index is 13.5. The molecule has 15 heavy (non-hydrogen) atoms. The molecule has 0 aliphatic heterocycles. The number of carbonyl (C=O) groups is 1. The van der Waals surface area contributed by atoms with Gasteiger partial charge in [0, 0.05) is 17.2 Å². The Balaban J connectivity index is 3.15. The van der Waals surface area contributed by atoms with Gasteiger partial charge in [-0.1, -0.05) is 17.7 Å². The van der Waals surface area contributed by atoms with Crippen molar-refractivity contribution in [3.05, 3.63) is 34.6 Å². The highest BCUT2D eigenvalue weighted by atomic mass is 35.5. The standard InChI is InChI=1S/C11H12ClFO2/c1-3-15-11(7(2)14)10-8(12)5-4-6-9(10)13/h4-6,11H,3H2,1-2H3. The monoisotopic (exact) mass is 230 g/mol. The molecule has 0 heterocycles. The molecule has 1 atom stereocenters. The first kappa shape index (κ1) is 12.1. The molecule has 0 radical (unpaired) electrons. The van der Waals surface area contributed by atoms with Crippen LogP contribution in [0.5, 0.6) is 0 Å². The Kier molecular flexibility index (Phi) is 4.24. The van der Waals surface area contributed by atoms with Crippen molar-refractivity contribution >= 4 is 17.4 Å². The summed E-state index contributed by atoms with van der Waals surface area (Å²) in [6.07, 6.45) is -0.913. The van der Waals surface area contributed by atoms with Gasteiger partial charge in [-0.25, -0.2) is 4.39 Å². The van der Waals surface area contributed by atoms with Crippen LogP contribution in [-0.4, -0.2) is 12.4 Å². The van der Waals surface area contributed by atoms with Crippen molar-refractivity contribution in [1.82, 2.24) is 0 Å². The van der Waals surface area contributed by atoms with Crippen LogP contribution >= 0.6 is 11.6 Å². The largest absolute Gasteiger partial charge is 0.366 e. The zero-order valence-corrected chi connectivity index (χ0v) is 9.34. The lowest BCUT2D eigenvalue weighted by atomic mass is 10.1. The first-order valence-corrected chi connectivity index (χ1v) is 5.01. The summed E-state index contributed by atoms with van der Waals surface area (Å²) in [5.41, 5.74) is 0.119. The van der Waals surface area contributed by atoms with Crippen LogP contribution in [0, 0.1) is 5.82 Å². The molecule has 1 aromatic carbocycles. The molecule has 0 bridgehead atoms. The summed E-state index contributed by atoms with van der Waals surface area (Å²) in [5, 5.41) is 0.212. The predicted octanol–water partition coefficient (Wildman–Crippen LogP) is 3.15. The van der Waals surface area contributed by atoms with Crippen molar-refractivity contribution < 1.29 is 13.9 Å². The van der Waals surface area contributed by atoms with Crippen LogP contribution in [0.25, 0.3) is 0 Å². The molecule has 1 unspecified atom stereocenters. The Labute approximate surface area is 93.0 Å². The van der Waals surface area contributed by atoms with E-state index >= 15 is 0 Å². The molecule has 0 aliphatic rings. The fraction of sp³-hybridized carbons (Fsp3) is 0.364. The van der Waals surface area contributed by atoms with E-state index in [0.29, 0.717) is 6.61 Å². The second-order valence-electron chi connectivity index (χ2n) is 3.08. The summed E-state index contributed by atoms with van der Waals surface area (Å²) in [4.78, 5) is 11.3. The lowest BCUT2D eigenvalue weighted by molar-refractivity contribution is -0.128. The lowest BCUT2D eigenvalue weighted by Crippen LogP contribution is -2.15. The zero-order chi connectivity index (χ0) is 11.4. The van der Waals surface area contributed by atoms with Crippen molar-refractivity contribution in [2.24, 2.45) is 0 Å². The number of carbonyl (C=O) groups excluding carboxylic acids is 1. The van der Waals surface area contributed by atoms with Gasteiger partial charge in [-0.2, -0.15) is 0 Å². The first-order chi connectivity index (χ1) is 7.07. The van der Waals surface area contributed by atoms with Crippen molar-refractivity contribution in [2.75, 3.05) is 6.61 Å². The van der Waals surface area contributed by atoms with Crippen LogP contribution in [0.2, 0.25) is 5.02 Å².